The zero-order chi connectivity index (χ0) is 16.2. The molecule has 2 aromatic rings. The fourth-order valence-corrected chi connectivity index (χ4v) is 3.60. The van der Waals surface area contributed by atoms with Gasteiger partial charge in [-0.15, -0.1) is 0 Å². The van der Waals surface area contributed by atoms with Crippen molar-refractivity contribution >= 4 is 32.7 Å². The van der Waals surface area contributed by atoms with Crippen LogP contribution >= 0.6 is 11.3 Å². The van der Waals surface area contributed by atoms with Crippen LogP contribution in [0.5, 0.6) is 5.75 Å². The number of nitrogens with zero attached hydrogens (tertiary/aromatic N) is 2. The van der Waals surface area contributed by atoms with E-state index >= 15 is 0 Å². The highest BCUT2D eigenvalue weighted by Crippen LogP contribution is 2.29. The maximum absolute atomic E-state index is 12.3. The highest BCUT2D eigenvalue weighted by molar-refractivity contribution is 7.22. The lowest BCUT2D eigenvalue weighted by Gasteiger charge is -2.31. The molecular formula is C16H21N3O3S. The van der Waals surface area contributed by atoms with Gasteiger partial charge in [-0.25, -0.2) is 9.78 Å². The Balaban J connectivity index is 1.62. The second-order valence-corrected chi connectivity index (χ2v) is 6.46. The van der Waals surface area contributed by atoms with Gasteiger partial charge in [0.15, 0.2) is 5.13 Å². The normalized spacial score (nSPS) is 15.8. The lowest BCUT2D eigenvalue weighted by Crippen LogP contribution is -2.43. The summed E-state index contributed by atoms with van der Waals surface area (Å²) in [5.74, 6) is 0.789. The van der Waals surface area contributed by atoms with Gasteiger partial charge in [-0.05, 0) is 38.0 Å². The van der Waals surface area contributed by atoms with Crippen LogP contribution in [0.4, 0.5) is 9.93 Å². The lowest BCUT2D eigenvalue weighted by molar-refractivity contribution is 0.0232. The first-order valence-electron chi connectivity index (χ1n) is 7.81. The SMILES string of the molecule is CCOC1CCN(C(=O)Nc2nc3ccc(OC)cc3s2)CC1. The number of anilines is 1. The van der Waals surface area contributed by atoms with Crippen molar-refractivity contribution in [3.05, 3.63) is 18.2 Å². The minimum absolute atomic E-state index is 0.0917. The average molecular weight is 335 g/mol. The maximum atomic E-state index is 12.3. The number of hydrogen-bond donors (Lipinski definition) is 1. The summed E-state index contributed by atoms with van der Waals surface area (Å²) in [5.41, 5.74) is 0.862. The predicted octanol–water partition coefficient (Wildman–Crippen LogP) is 3.34. The number of benzene rings is 1. The Hall–Kier alpha value is -1.86. The smallest absolute Gasteiger partial charge is 0.323 e. The molecule has 0 saturated carbocycles. The Kier molecular flexibility index (Phi) is 4.97. The number of urea groups is 1. The van der Waals surface area contributed by atoms with Gasteiger partial charge in [-0.3, -0.25) is 5.32 Å². The van der Waals surface area contributed by atoms with Gasteiger partial charge in [0.25, 0.3) is 0 Å². The topological polar surface area (TPSA) is 63.7 Å². The number of rotatable bonds is 4. The number of likely N-dealkylation sites (tertiary alicyclic amines) is 1. The Morgan fingerprint density at radius 3 is 2.91 bits per heavy atom. The molecule has 2 heterocycles. The number of ether oxygens (including phenoxy) is 2. The molecule has 1 aromatic heterocycles. The van der Waals surface area contributed by atoms with Crippen LogP contribution in [0.1, 0.15) is 19.8 Å². The largest absolute Gasteiger partial charge is 0.497 e. The van der Waals surface area contributed by atoms with Crippen molar-refractivity contribution in [2.45, 2.75) is 25.9 Å². The van der Waals surface area contributed by atoms with E-state index in [0.717, 1.165) is 48.5 Å². The molecule has 0 atom stereocenters. The Bertz CT molecular complexity index is 680. The molecule has 0 unspecified atom stereocenters. The number of fused-ring (bicyclic) bond motifs is 1. The monoisotopic (exact) mass is 335 g/mol. The zero-order valence-corrected chi connectivity index (χ0v) is 14.2. The minimum atomic E-state index is -0.0917. The van der Waals surface area contributed by atoms with Gasteiger partial charge in [0.2, 0.25) is 0 Å². The summed E-state index contributed by atoms with van der Waals surface area (Å²) in [6, 6.07) is 5.60. The number of aromatic nitrogens is 1. The number of carbonyl (C=O) groups excluding carboxylic acids is 1. The van der Waals surface area contributed by atoms with Crippen molar-refractivity contribution in [2.75, 3.05) is 32.1 Å². The van der Waals surface area contributed by atoms with E-state index in [1.807, 2.05) is 30.0 Å². The van der Waals surface area contributed by atoms with Gasteiger partial charge in [-0.2, -0.15) is 0 Å². The molecular weight excluding hydrogens is 314 g/mol. The van der Waals surface area contributed by atoms with Crippen molar-refractivity contribution in [1.82, 2.24) is 9.88 Å². The van der Waals surface area contributed by atoms with Crippen LogP contribution in [0.3, 0.4) is 0 Å². The van der Waals surface area contributed by atoms with Crippen LogP contribution < -0.4 is 10.1 Å². The average Bonchev–Trinajstić information content (AvgIpc) is 2.96. The van der Waals surface area contributed by atoms with Crippen molar-refractivity contribution < 1.29 is 14.3 Å². The summed E-state index contributed by atoms with van der Waals surface area (Å²) in [7, 11) is 1.64. The molecule has 23 heavy (non-hydrogen) atoms. The number of thiazole rings is 1. The first kappa shape index (κ1) is 16.0. The van der Waals surface area contributed by atoms with Gasteiger partial charge in [0.05, 0.1) is 23.4 Å². The van der Waals surface area contributed by atoms with E-state index in [2.05, 4.69) is 10.3 Å². The summed E-state index contributed by atoms with van der Waals surface area (Å²) < 4.78 is 11.8. The minimum Gasteiger partial charge on any atom is -0.497 e. The molecule has 124 valence electrons. The molecule has 1 N–H and O–H groups in total. The maximum Gasteiger partial charge on any atom is 0.323 e. The molecule has 6 nitrogen and oxygen atoms in total. The second kappa shape index (κ2) is 7.14. The standard InChI is InChI=1S/C16H21N3O3S/c1-3-22-11-6-8-19(9-7-11)16(20)18-15-17-13-5-4-12(21-2)10-14(13)23-15/h4-5,10-11H,3,6-9H2,1-2H3,(H,17,18,20). The molecule has 2 amide bonds. The van der Waals surface area contributed by atoms with E-state index in [1.54, 1.807) is 7.11 Å². The molecule has 1 fully saturated rings. The number of hydrogen-bond acceptors (Lipinski definition) is 5. The van der Waals surface area contributed by atoms with Gasteiger partial charge in [0, 0.05) is 19.7 Å². The molecule has 3 rings (SSSR count). The molecule has 1 aromatic carbocycles. The molecule has 0 aliphatic carbocycles. The van der Waals surface area contributed by atoms with E-state index in [4.69, 9.17) is 9.47 Å². The number of methoxy groups -OCH3 is 1. The van der Waals surface area contributed by atoms with E-state index in [9.17, 15) is 4.79 Å². The van der Waals surface area contributed by atoms with E-state index < -0.39 is 0 Å². The Morgan fingerprint density at radius 2 is 2.22 bits per heavy atom. The summed E-state index contributed by atoms with van der Waals surface area (Å²) in [6.07, 6.45) is 2.05. The van der Waals surface area contributed by atoms with Gasteiger partial charge < -0.3 is 14.4 Å². The van der Waals surface area contributed by atoms with E-state index in [0.29, 0.717) is 5.13 Å². The fourth-order valence-electron chi connectivity index (χ4n) is 2.72. The third-order valence-electron chi connectivity index (χ3n) is 3.94. The number of nitrogens with one attached hydrogen (secondary N) is 1. The molecule has 1 aliphatic heterocycles. The van der Waals surface area contributed by atoms with Crippen molar-refractivity contribution in [3.63, 3.8) is 0 Å². The summed E-state index contributed by atoms with van der Waals surface area (Å²) in [6.45, 7) is 4.16. The fraction of sp³-hybridized carbons (Fsp3) is 0.500. The first-order valence-corrected chi connectivity index (χ1v) is 8.63. The number of amides is 2. The summed E-state index contributed by atoms with van der Waals surface area (Å²) in [4.78, 5) is 18.6. The van der Waals surface area contributed by atoms with Crippen LogP contribution in [-0.2, 0) is 4.74 Å². The van der Waals surface area contributed by atoms with Gasteiger partial charge in [-0.1, -0.05) is 11.3 Å². The number of carbonyl (C=O) groups is 1. The van der Waals surface area contributed by atoms with Crippen LogP contribution in [0, 0.1) is 0 Å². The second-order valence-electron chi connectivity index (χ2n) is 5.42. The van der Waals surface area contributed by atoms with Crippen molar-refractivity contribution in [1.29, 1.82) is 0 Å². The van der Waals surface area contributed by atoms with E-state index in [1.165, 1.54) is 11.3 Å². The van der Waals surface area contributed by atoms with Gasteiger partial charge in [0.1, 0.15) is 5.75 Å². The highest BCUT2D eigenvalue weighted by Gasteiger charge is 2.23. The van der Waals surface area contributed by atoms with Crippen molar-refractivity contribution in [2.24, 2.45) is 0 Å². The predicted molar refractivity (Wildman–Crippen MR) is 91.4 cm³/mol. The molecule has 1 aliphatic rings. The third-order valence-corrected chi connectivity index (χ3v) is 4.87. The van der Waals surface area contributed by atoms with Crippen LogP contribution in [0.15, 0.2) is 18.2 Å². The third kappa shape index (κ3) is 3.73. The Morgan fingerprint density at radius 1 is 1.43 bits per heavy atom. The molecule has 0 bridgehead atoms. The number of piperidine rings is 1. The molecule has 0 spiro atoms. The molecule has 1 saturated heterocycles. The summed E-state index contributed by atoms with van der Waals surface area (Å²) in [5, 5.41) is 3.51. The highest BCUT2D eigenvalue weighted by atomic mass is 32.1. The quantitative estimate of drug-likeness (QED) is 0.931. The van der Waals surface area contributed by atoms with Crippen molar-refractivity contribution in [3.8, 4) is 5.75 Å². The van der Waals surface area contributed by atoms with Crippen LogP contribution in [0.2, 0.25) is 0 Å². The lowest BCUT2D eigenvalue weighted by atomic mass is 10.1. The molecule has 7 heteroatoms. The van der Waals surface area contributed by atoms with E-state index in [-0.39, 0.29) is 12.1 Å². The van der Waals surface area contributed by atoms with Crippen LogP contribution in [0.25, 0.3) is 10.2 Å². The first-order chi connectivity index (χ1) is 11.2. The van der Waals surface area contributed by atoms with Crippen LogP contribution in [-0.4, -0.2) is 48.8 Å². The molecule has 0 radical (unpaired) electrons. The van der Waals surface area contributed by atoms with Gasteiger partial charge >= 0.3 is 6.03 Å². The zero-order valence-electron chi connectivity index (χ0n) is 13.4. The summed E-state index contributed by atoms with van der Waals surface area (Å²) >= 11 is 1.45. The Labute approximate surface area is 139 Å².